The zero-order valence-corrected chi connectivity index (χ0v) is 11.7. The second-order valence-electron chi connectivity index (χ2n) is 4.31. The first-order valence-corrected chi connectivity index (χ1v) is 6.29. The summed E-state index contributed by atoms with van der Waals surface area (Å²) in [5, 5.41) is 10.9. The zero-order chi connectivity index (χ0) is 14.7. The van der Waals surface area contributed by atoms with E-state index in [4.69, 9.17) is 16.3 Å². The number of hydrogen-bond acceptors (Lipinski definition) is 5. The molecule has 0 N–H and O–H groups in total. The van der Waals surface area contributed by atoms with Crippen LogP contribution in [0.4, 0.5) is 5.69 Å². The third-order valence-corrected chi connectivity index (χ3v) is 2.74. The number of aromatic nitrogens is 2. The van der Waals surface area contributed by atoms with Crippen molar-refractivity contribution in [3.63, 3.8) is 0 Å². The van der Waals surface area contributed by atoms with Crippen LogP contribution in [0.25, 0.3) is 11.3 Å². The Labute approximate surface area is 120 Å². The van der Waals surface area contributed by atoms with E-state index < -0.39 is 4.92 Å². The van der Waals surface area contributed by atoms with Gasteiger partial charge in [-0.15, -0.1) is 0 Å². The number of hydrogen-bond donors (Lipinski definition) is 0. The maximum Gasteiger partial charge on any atom is 0.332 e. The first-order valence-electron chi connectivity index (χ1n) is 5.91. The van der Waals surface area contributed by atoms with Gasteiger partial charge in [0.25, 0.3) is 0 Å². The highest BCUT2D eigenvalue weighted by atomic mass is 35.5. The molecule has 0 unspecified atom stereocenters. The molecule has 20 heavy (non-hydrogen) atoms. The molecule has 0 aliphatic rings. The Hall–Kier alpha value is -2.21. The SMILES string of the molecule is CC(C)Oc1ccc(-c2ncnc(Cl)c2[N+](=O)[O-])cc1. The smallest absolute Gasteiger partial charge is 0.332 e. The molecule has 2 aromatic rings. The van der Waals surface area contributed by atoms with E-state index in [0.29, 0.717) is 11.3 Å². The maximum atomic E-state index is 11.0. The lowest BCUT2D eigenvalue weighted by molar-refractivity contribution is -0.384. The van der Waals surface area contributed by atoms with Gasteiger partial charge in [-0.25, -0.2) is 9.97 Å². The van der Waals surface area contributed by atoms with Gasteiger partial charge >= 0.3 is 5.69 Å². The normalized spacial score (nSPS) is 10.6. The van der Waals surface area contributed by atoms with E-state index in [9.17, 15) is 10.1 Å². The number of benzene rings is 1. The van der Waals surface area contributed by atoms with Crippen molar-refractivity contribution in [2.75, 3.05) is 0 Å². The van der Waals surface area contributed by atoms with Crippen LogP contribution in [-0.4, -0.2) is 21.0 Å². The number of nitro groups is 1. The van der Waals surface area contributed by atoms with Gasteiger partial charge < -0.3 is 4.74 Å². The summed E-state index contributed by atoms with van der Waals surface area (Å²) in [6.45, 7) is 3.84. The first-order chi connectivity index (χ1) is 9.49. The van der Waals surface area contributed by atoms with Crippen LogP contribution < -0.4 is 4.74 Å². The fourth-order valence-electron chi connectivity index (χ4n) is 1.69. The Morgan fingerprint density at radius 3 is 2.45 bits per heavy atom. The summed E-state index contributed by atoms with van der Waals surface area (Å²) in [7, 11) is 0. The number of halogens is 1. The quantitative estimate of drug-likeness (QED) is 0.490. The Morgan fingerprint density at radius 2 is 1.90 bits per heavy atom. The van der Waals surface area contributed by atoms with Gasteiger partial charge in [0.05, 0.1) is 11.0 Å². The van der Waals surface area contributed by atoms with Gasteiger partial charge in [0.2, 0.25) is 5.15 Å². The predicted molar refractivity (Wildman–Crippen MR) is 74.9 cm³/mol. The molecule has 104 valence electrons. The molecule has 0 amide bonds. The van der Waals surface area contributed by atoms with Crippen LogP contribution in [0.15, 0.2) is 30.6 Å². The van der Waals surface area contributed by atoms with E-state index in [1.54, 1.807) is 24.3 Å². The molecule has 2 rings (SSSR count). The summed E-state index contributed by atoms with van der Waals surface area (Å²) in [5.41, 5.74) is 0.467. The first kappa shape index (κ1) is 14.2. The standard InChI is InChI=1S/C13H12ClN3O3/c1-8(2)20-10-5-3-9(4-6-10)11-12(17(18)19)13(14)16-7-15-11/h3-8H,1-2H3. The van der Waals surface area contributed by atoms with Crippen molar-refractivity contribution in [3.8, 4) is 17.0 Å². The maximum absolute atomic E-state index is 11.0. The summed E-state index contributed by atoms with van der Waals surface area (Å²) in [6, 6.07) is 6.86. The van der Waals surface area contributed by atoms with Crippen molar-refractivity contribution in [1.29, 1.82) is 0 Å². The van der Waals surface area contributed by atoms with Crippen LogP contribution in [0.5, 0.6) is 5.75 Å². The second-order valence-corrected chi connectivity index (χ2v) is 4.67. The minimum atomic E-state index is -0.587. The van der Waals surface area contributed by atoms with E-state index in [1.807, 2.05) is 13.8 Å². The van der Waals surface area contributed by atoms with E-state index >= 15 is 0 Å². The molecule has 0 radical (unpaired) electrons. The van der Waals surface area contributed by atoms with Gasteiger partial charge in [0.15, 0.2) is 5.69 Å². The van der Waals surface area contributed by atoms with E-state index in [2.05, 4.69) is 9.97 Å². The van der Waals surface area contributed by atoms with Gasteiger partial charge in [0.1, 0.15) is 12.1 Å². The summed E-state index contributed by atoms with van der Waals surface area (Å²) in [4.78, 5) is 18.0. The molecule has 1 aromatic carbocycles. The summed E-state index contributed by atoms with van der Waals surface area (Å²) < 4.78 is 5.51. The Morgan fingerprint density at radius 1 is 1.25 bits per heavy atom. The summed E-state index contributed by atoms with van der Waals surface area (Å²) in [5.74, 6) is 0.687. The van der Waals surface area contributed by atoms with Gasteiger partial charge in [-0.05, 0) is 38.1 Å². The highest BCUT2D eigenvalue weighted by molar-refractivity contribution is 6.31. The second kappa shape index (κ2) is 5.83. The van der Waals surface area contributed by atoms with Crippen molar-refractivity contribution < 1.29 is 9.66 Å². The molecule has 0 saturated heterocycles. The largest absolute Gasteiger partial charge is 0.491 e. The molecule has 1 aromatic heterocycles. The molecule has 0 bridgehead atoms. The van der Waals surface area contributed by atoms with E-state index in [1.165, 1.54) is 6.33 Å². The minimum Gasteiger partial charge on any atom is -0.491 e. The Balaban J connectivity index is 2.42. The van der Waals surface area contributed by atoms with Crippen LogP contribution in [0, 0.1) is 10.1 Å². The molecule has 6 nitrogen and oxygen atoms in total. The van der Waals surface area contributed by atoms with Crippen LogP contribution in [0.2, 0.25) is 5.15 Å². The fraction of sp³-hybridized carbons (Fsp3) is 0.231. The number of nitrogens with zero attached hydrogens (tertiary/aromatic N) is 3. The van der Waals surface area contributed by atoms with Crippen LogP contribution in [0.1, 0.15) is 13.8 Å². The van der Waals surface area contributed by atoms with Crippen LogP contribution >= 0.6 is 11.6 Å². The highest BCUT2D eigenvalue weighted by Gasteiger charge is 2.22. The third kappa shape index (κ3) is 3.03. The van der Waals surface area contributed by atoms with Gasteiger partial charge in [-0.1, -0.05) is 11.6 Å². The molecule has 0 fully saturated rings. The molecule has 0 aliphatic heterocycles. The third-order valence-electron chi connectivity index (χ3n) is 2.46. The lowest BCUT2D eigenvalue weighted by Crippen LogP contribution is -2.05. The van der Waals surface area contributed by atoms with Gasteiger partial charge in [-0.2, -0.15) is 0 Å². The van der Waals surface area contributed by atoms with Crippen molar-refractivity contribution in [3.05, 3.63) is 45.9 Å². The highest BCUT2D eigenvalue weighted by Crippen LogP contribution is 2.33. The molecule has 0 saturated carbocycles. The number of rotatable bonds is 4. The van der Waals surface area contributed by atoms with Crippen molar-refractivity contribution in [2.24, 2.45) is 0 Å². The predicted octanol–water partition coefficient (Wildman–Crippen LogP) is 3.49. The monoisotopic (exact) mass is 293 g/mol. The molecule has 0 spiro atoms. The molecule has 1 heterocycles. The van der Waals surface area contributed by atoms with Crippen molar-refractivity contribution >= 4 is 17.3 Å². The minimum absolute atomic E-state index is 0.0590. The Bertz CT molecular complexity index is 629. The van der Waals surface area contributed by atoms with Crippen LogP contribution in [-0.2, 0) is 0 Å². The van der Waals surface area contributed by atoms with Crippen LogP contribution in [0.3, 0.4) is 0 Å². The lowest BCUT2D eigenvalue weighted by atomic mass is 10.1. The fourth-order valence-corrected chi connectivity index (χ4v) is 1.90. The topological polar surface area (TPSA) is 78.2 Å². The lowest BCUT2D eigenvalue weighted by Gasteiger charge is -2.10. The molecular formula is C13H12ClN3O3. The van der Waals surface area contributed by atoms with E-state index in [-0.39, 0.29) is 22.6 Å². The van der Waals surface area contributed by atoms with Gasteiger partial charge in [-0.3, -0.25) is 10.1 Å². The molecule has 0 atom stereocenters. The average molecular weight is 294 g/mol. The summed E-state index contributed by atoms with van der Waals surface area (Å²) >= 11 is 5.76. The molecular weight excluding hydrogens is 282 g/mol. The molecule has 7 heteroatoms. The van der Waals surface area contributed by atoms with Gasteiger partial charge in [0, 0.05) is 5.56 Å². The Kier molecular flexibility index (Phi) is 4.14. The average Bonchev–Trinajstić information content (AvgIpc) is 2.38. The van der Waals surface area contributed by atoms with Crippen molar-refractivity contribution in [1.82, 2.24) is 9.97 Å². The number of ether oxygens (including phenoxy) is 1. The van der Waals surface area contributed by atoms with E-state index in [0.717, 1.165) is 0 Å². The van der Waals surface area contributed by atoms with Crippen molar-refractivity contribution in [2.45, 2.75) is 20.0 Å². The molecule has 0 aliphatic carbocycles. The summed E-state index contributed by atoms with van der Waals surface area (Å²) in [6.07, 6.45) is 1.26. The zero-order valence-electron chi connectivity index (χ0n) is 10.9.